The van der Waals surface area contributed by atoms with Crippen LogP contribution in [0.25, 0.3) is 22.5 Å². The van der Waals surface area contributed by atoms with Crippen molar-refractivity contribution in [2.24, 2.45) is 0 Å². The zero-order valence-corrected chi connectivity index (χ0v) is 19.5. The quantitative estimate of drug-likeness (QED) is 0.284. The fourth-order valence-corrected chi connectivity index (χ4v) is 4.93. The van der Waals surface area contributed by atoms with Crippen LogP contribution in [0.1, 0.15) is 22.3 Å². The lowest BCUT2D eigenvalue weighted by molar-refractivity contribution is -0.131. The predicted octanol–water partition coefficient (Wildman–Crippen LogP) is 5.80. The molecule has 4 aromatic carbocycles. The maximum atomic E-state index is 14.8. The van der Waals surface area contributed by atoms with Crippen LogP contribution >= 0.6 is 0 Å². The van der Waals surface area contributed by atoms with Crippen molar-refractivity contribution in [3.05, 3.63) is 131 Å². The molecule has 0 bridgehead atoms. The number of nitrogens with zero attached hydrogens (tertiary/aromatic N) is 1. The van der Waals surface area contributed by atoms with Crippen molar-refractivity contribution in [2.45, 2.75) is 12.0 Å². The molecule has 0 fully saturated rings. The van der Waals surface area contributed by atoms with Crippen LogP contribution in [-0.2, 0) is 16.8 Å². The van der Waals surface area contributed by atoms with Crippen molar-refractivity contribution < 1.29 is 18.7 Å². The highest BCUT2D eigenvalue weighted by molar-refractivity contribution is 6.01. The van der Waals surface area contributed by atoms with E-state index in [1.807, 2.05) is 42.5 Å². The highest BCUT2D eigenvalue weighted by Crippen LogP contribution is 2.41. The number of hydrogen-bond donors (Lipinski definition) is 3. The minimum absolute atomic E-state index is 0.117. The Morgan fingerprint density at radius 3 is 2.41 bits per heavy atom. The van der Waals surface area contributed by atoms with Crippen LogP contribution < -0.4 is 5.32 Å². The Hall–Kier alpha value is -4.62. The van der Waals surface area contributed by atoms with Gasteiger partial charge in [-0.3, -0.25) is 9.89 Å². The van der Waals surface area contributed by atoms with Crippen LogP contribution in [0.3, 0.4) is 0 Å². The maximum absolute atomic E-state index is 14.8. The summed E-state index contributed by atoms with van der Waals surface area (Å²) < 4.78 is 28.9. The number of hydrogen-bond acceptors (Lipinski definition) is 3. The number of fused-ring (bicyclic) bond motifs is 3. The van der Waals surface area contributed by atoms with E-state index in [1.165, 1.54) is 12.1 Å². The summed E-state index contributed by atoms with van der Waals surface area (Å²) in [5.41, 5.74) is 3.43. The van der Waals surface area contributed by atoms with Crippen LogP contribution in [0.4, 0.5) is 14.5 Å². The van der Waals surface area contributed by atoms with Crippen LogP contribution in [0.15, 0.2) is 97.1 Å². The molecule has 0 aliphatic heterocycles. The van der Waals surface area contributed by atoms with Gasteiger partial charge in [-0.05, 0) is 41.5 Å². The van der Waals surface area contributed by atoms with E-state index in [2.05, 4.69) is 15.5 Å². The molecule has 1 aliphatic carbocycles. The minimum Gasteiger partial charge on any atom is -0.372 e. The molecule has 0 radical (unpaired) electrons. The van der Waals surface area contributed by atoms with Crippen molar-refractivity contribution in [1.29, 1.82) is 0 Å². The third-order valence-electron chi connectivity index (χ3n) is 6.75. The van der Waals surface area contributed by atoms with Crippen molar-refractivity contribution in [3.63, 3.8) is 0 Å². The first-order valence-corrected chi connectivity index (χ1v) is 11.8. The van der Waals surface area contributed by atoms with E-state index in [0.29, 0.717) is 12.1 Å². The number of nitrogens with one attached hydrogen (secondary N) is 2. The van der Waals surface area contributed by atoms with Gasteiger partial charge >= 0.3 is 0 Å². The van der Waals surface area contributed by atoms with E-state index < -0.39 is 28.7 Å². The number of carbonyl (C=O) groups is 1. The van der Waals surface area contributed by atoms with Gasteiger partial charge in [-0.25, -0.2) is 8.78 Å². The zero-order chi connectivity index (χ0) is 25.6. The molecule has 0 saturated carbocycles. The summed E-state index contributed by atoms with van der Waals surface area (Å²) in [6.45, 7) is 0. The van der Waals surface area contributed by atoms with E-state index in [0.717, 1.165) is 51.8 Å². The summed E-state index contributed by atoms with van der Waals surface area (Å²) in [6, 6.07) is 25.9. The highest BCUT2D eigenvalue weighted by Gasteiger charge is 2.42. The van der Waals surface area contributed by atoms with Crippen molar-refractivity contribution in [3.8, 4) is 22.5 Å². The van der Waals surface area contributed by atoms with Gasteiger partial charge in [0.25, 0.3) is 5.91 Å². The van der Waals surface area contributed by atoms with Gasteiger partial charge in [0, 0.05) is 34.4 Å². The van der Waals surface area contributed by atoms with Crippen LogP contribution in [0.2, 0.25) is 0 Å². The number of amides is 1. The van der Waals surface area contributed by atoms with Crippen LogP contribution in [0, 0.1) is 11.6 Å². The molecule has 7 heteroatoms. The first-order valence-electron chi connectivity index (χ1n) is 11.8. The normalized spacial score (nSPS) is 13.5. The highest BCUT2D eigenvalue weighted by atomic mass is 19.1. The molecule has 1 aliphatic rings. The Morgan fingerprint density at radius 2 is 1.65 bits per heavy atom. The van der Waals surface area contributed by atoms with Gasteiger partial charge in [0.05, 0.1) is 11.4 Å². The minimum atomic E-state index is -2.46. The SMILES string of the molecule is O=C(Nc1ccc2c(c1)Cc1c(-c3ccccc3)n[nH]c1-2)C(O)(c1ccccc1)c1cc(F)ccc1F. The summed E-state index contributed by atoms with van der Waals surface area (Å²) in [4.78, 5) is 13.5. The van der Waals surface area contributed by atoms with E-state index >= 15 is 0 Å². The Kier molecular flexibility index (Phi) is 5.43. The van der Waals surface area contributed by atoms with E-state index in [1.54, 1.807) is 24.3 Å². The second kappa shape index (κ2) is 8.80. The fourth-order valence-electron chi connectivity index (χ4n) is 4.93. The monoisotopic (exact) mass is 493 g/mol. The number of benzene rings is 4. The molecule has 6 rings (SSSR count). The molecule has 3 N–H and O–H groups in total. The molecule has 0 spiro atoms. The lowest BCUT2D eigenvalue weighted by Gasteiger charge is -2.28. The summed E-state index contributed by atoms with van der Waals surface area (Å²) in [5, 5.41) is 22.0. The first kappa shape index (κ1) is 22.8. The standard InChI is InChI=1S/C30H21F2N3O2/c31-21-11-14-26(32)25(17-21)30(37,20-9-5-2-6-10-20)29(36)33-22-12-13-23-19(15-22)16-24-27(34-35-28(23)24)18-7-3-1-4-8-18/h1-15,17,37H,16H2,(H,33,36)(H,34,35). The summed E-state index contributed by atoms with van der Waals surface area (Å²) in [6.07, 6.45) is 0.608. The van der Waals surface area contributed by atoms with Gasteiger partial charge in [0.15, 0.2) is 5.60 Å². The summed E-state index contributed by atoms with van der Waals surface area (Å²) in [5.74, 6) is -2.55. The molecule has 0 saturated heterocycles. The number of anilines is 1. The fraction of sp³-hybridized carbons (Fsp3) is 0.0667. The van der Waals surface area contributed by atoms with Crippen LogP contribution in [0.5, 0.6) is 0 Å². The van der Waals surface area contributed by atoms with E-state index in [9.17, 15) is 18.7 Å². The van der Waals surface area contributed by atoms with Crippen LogP contribution in [-0.4, -0.2) is 21.2 Å². The Bertz CT molecular complexity index is 1630. The van der Waals surface area contributed by atoms with Crippen molar-refractivity contribution in [2.75, 3.05) is 5.32 Å². The third-order valence-corrected chi connectivity index (χ3v) is 6.75. The predicted molar refractivity (Wildman–Crippen MR) is 137 cm³/mol. The largest absolute Gasteiger partial charge is 0.372 e. The molecular formula is C30H21F2N3O2. The van der Waals surface area contributed by atoms with Gasteiger partial charge < -0.3 is 10.4 Å². The molecule has 1 unspecified atom stereocenters. The van der Waals surface area contributed by atoms with Crippen molar-refractivity contribution >= 4 is 11.6 Å². The maximum Gasteiger partial charge on any atom is 0.265 e. The lowest BCUT2D eigenvalue weighted by atomic mass is 9.85. The van der Waals surface area contributed by atoms with E-state index in [4.69, 9.17) is 0 Å². The second-order valence-corrected chi connectivity index (χ2v) is 9.00. The van der Waals surface area contributed by atoms with Gasteiger partial charge in [-0.15, -0.1) is 0 Å². The lowest BCUT2D eigenvalue weighted by Crippen LogP contribution is -2.42. The Labute approximate surface area is 211 Å². The zero-order valence-electron chi connectivity index (χ0n) is 19.5. The molecule has 5 nitrogen and oxygen atoms in total. The average molecular weight is 494 g/mol. The first-order chi connectivity index (χ1) is 17.9. The Balaban J connectivity index is 1.34. The van der Waals surface area contributed by atoms with Crippen molar-refractivity contribution in [1.82, 2.24) is 10.2 Å². The van der Waals surface area contributed by atoms with Gasteiger partial charge in [-0.2, -0.15) is 5.10 Å². The number of H-pyrrole nitrogens is 1. The number of rotatable bonds is 5. The molecule has 1 aromatic heterocycles. The van der Waals surface area contributed by atoms with E-state index in [-0.39, 0.29) is 5.56 Å². The molecule has 37 heavy (non-hydrogen) atoms. The number of aliphatic hydroxyl groups is 1. The Morgan fingerprint density at radius 1 is 0.919 bits per heavy atom. The number of carbonyl (C=O) groups excluding carboxylic acids is 1. The third kappa shape index (κ3) is 3.80. The molecule has 1 amide bonds. The molecule has 5 aromatic rings. The van der Waals surface area contributed by atoms with Gasteiger partial charge in [-0.1, -0.05) is 66.7 Å². The van der Waals surface area contributed by atoms with Gasteiger partial charge in [0.1, 0.15) is 11.6 Å². The smallest absolute Gasteiger partial charge is 0.265 e. The summed E-state index contributed by atoms with van der Waals surface area (Å²) in [7, 11) is 0. The molecular weight excluding hydrogens is 472 g/mol. The number of aromatic amines is 1. The second-order valence-electron chi connectivity index (χ2n) is 9.00. The molecule has 1 atom stereocenters. The average Bonchev–Trinajstić information content (AvgIpc) is 3.49. The topological polar surface area (TPSA) is 78.0 Å². The summed E-state index contributed by atoms with van der Waals surface area (Å²) >= 11 is 0. The van der Waals surface area contributed by atoms with Gasteiger partial charge in [0.2, 0.25) is 0 Å². The number of aromatic nitrogens is 2. The molecule has 1 heterocycles. The molecule has 182 valence electrons. The number of halogens is 2.